The van der Waals surface area contributed by atoms with E-state index in [0.717, 1.165) is 50.5 Å². The first-order valence-corrected chi connectivity index (χ1v) is 24.4. The van der Waals surface area contributed by atoms with Crippen LogP contribution in [0.5, 0.6) is 0 Å². The van der Waals surface area contributed by atoms with E-state index in [9.17, 15) is 56.2 Å². The summed E-state index contributed by atoms with van der Waals surface area (Å²) in [5.74, 6) is 1.40. The van der Waals surface area contributed by atoms with Crippen molar-refractivity contribution in [1.29, 1.82) is 0 Å². The minimum Gasteiger partial charge on any atom is -0.394 e. The first-order valence-electron chi connectivity index (χ1n) is 24.4. The van der Waals surface area contributed by atoms with Crippen LogP contribution in [-0.2, 0) is 28.4 Å². The van der Waals surface area contributed by atoms with E-state index in [-0.39, 0.29) is 45.7 Å². The van der Waals surface area contributed by atoms with E-state index in [1.807, 2.05) is 13.0 Å². The van der Waals surface area contributed by atoms with Gasteiger partial charge < -0.3 is 84.6 Å². The molecule has 5 aliphatic carbocycles. The average molecular weight is 929 g/mol. The molecule has 8 fully saturated rings. The Balaban J connectivity index is 0.875. The zero-order valence-corrected chi connectivity index (χ0v) is 39.3. The number of ether oxygens (including phenoxy) is 6. The molecule has 25 atom stereocenters. The van der Waals surface area contributed by atoms with Gasteiger partial charge in [-0.1, -0.05) is 46.3 Å². The van der Waals surface area contributed by atoms with Crippen LogP contribution >= 0.6 is 0 Å². The van der Waals surface area contributed by atoms with Crippen LogP contribution in [0, 0.1) is 50.7 Å². The van der Waals surface area contributed by atoms with Crippen LogP contribution < -0.4 is 0 Å². The molecule has 8 rings (SSSR count). The van der Waals surface area contributed by atoms with Crippen molar-refractivity contribution in [2.45, 2.75) is 217 Å². The van der Waals surface area contributed by atoms with Gasteiger partial charge in [0.05, 0.1) is 38.1 Å². The molecule has 17 nitrogen and oxygen atoms in total. The number of aliphatic hydroxyl groups is 11. The molecule has 0 bridgehead atoms. The maximum Gasteiger partial charge on any atom is 0.187 e. The summed E-state index contributed by atoms with van der Waals surface area (Å²) in [5, 5.41) is 115. The molecule has 0 aromatic carbocycles. The Kier molecular flexibility index (Phi) is 14.2. The number of fused-ring (bicyclic) bond motifs is 2. The van der Waals surface area contributed by atoms with Gasteiger partial charge in [-0.25, -0.2) is 0 Å². The highest BCUT2D eigenvalue weighted by molar-refractivity contribution is 5.31. The van der Waals surface area contributed by atoms with E-state index < -0.39 is 111 Å². The van der Waals surface area contributed by atoms with Crippen LogP contribution in [0.1, 0.15) is 113 Å². The molecule has 0 unspecified atom stereocenters. The standard InChI is InChI=1S/C48H80O17/c1-22(20-60-41-37(57)34(54)32(52)27(18-49)62-41)8-9-26(51)23(2)25-12-14-46(7)30-11-10-29-44(4,5)31(13-15-47(29)21-48(30,47)17-16-45(25,46)6)64-42-39(59)36(56)40(24(3)61-42)65-43-38(58)35(55)33(53)28(19-50)63-43/h8,23-43,49-59H,9-21H2,1-7H3/b22-8-/t23-,24+,25+,26+,27-,28-,29+,30-,31+,32+,33+,34-,35-,36-,37+,38+,39-,40-,41+,42-,43-,45+,46+,47-,48+/m0/s1. The molecule has 3 heterocycles. The SMILES string of the molecule is C/C(=C/C[C@@H](O)[C@@H](C)[C@H]1CC[C@]2(C)[C@@H]3CC[C@@H]4C(C)(C)[C@H](O[C@@H]5O[C@H](C)[C@H](O[C@@H]6O[C@@H](CO)[C@@H](O)[C@H](O)[C@H]6O)[C@@H](O)[C@@H]5O)CC[C@]45C[C@]35CC[C@]12C)CO[C@@H]1O[C@@H](CO)[C@@H](O)[C@H](O)[C@H]1O. The lowest BCUT2D eigenvalue weighted by molar-refractivity contribution is -0.363. The second-order valence-corrected chi connectivity index (χ2v) is 22.8. The number of hydrogen-bond acceptors (Lipinski definition) is 17. The lowest BCUT2D eigenvalue weighted by Gasteiger charge is -2.63. The summed E-state index contributed by atoms with van der Waals surface area (Å²) in [4.78, 5) is 0. The molecule has 17 heteroatoms. The van der Waals surface area contributed by atoms with E-state index in [1.165, 1.54) is 12.8 Å². The highest BCUT2D eigenvalue weighted by atomic mass is 16.7. The highest BCUT2D eigenvalue weighted by Gasteiger charge is 2.82. The average Bonchev–Trinajstić information content (AvgIpc) is 3.86. The molecule has 3 aliphatic heterocycles. The third-order valence-corrected chi connectivity index (χ3v) is 19.6. The van der Waals surface area contributed by atoms with Gasteiger partial charge >= 0.3 is 0 Å². The molecule has 2 spiro atoms. The Bertz CT molecular complexity index is 1700. The van der Waals surface area contributed by atoms with Crippen molar-refractivity contribution < 1.29 is 84.6 Å². The summed E-state index contributed by atoms with van der Waals surface area (Å²) in [6, 6.07) is 0. The zero-order valence-electron chi connectivity index (χ0n) is 39.3. The van der Waals surface area contributed by atoms with Gasteiger partial charge in [0.25, 0.3) is 0 Å². The first kappa shape index (κ1) is 50.4. The molecule has 65 heavy (non-hydrogen) atoms. The lowest BCUT2D eigenvalue weighted by atomic mass is 9.41. The second-order valence-electron chi connectivity index (χ2n) is 22.8. The number of rotatable bonds is 13. The summed E-state index contributed by atoms with van der Waals surface area (Å²) in [5.41, 5.74) is 1.23. The maximum atomic E-state index is 11.7. The molecule has 0 radical (unpaired) electrons. The van der Waals surface area contributed by atoms with E-state index in [1.54, 1.807) is 6.92 Å². The Hall–Kier alpha value is -0.940. The summed E-state index contributed by atoms with van der Waals surface area (Å²) in [6.07, 6.45) is -9.04. The van der Waals surface area contributed by atoms with Gasteiger partial charge in [0.15, 0.2) is 18.9 Å². The summed E-state index contributed by atoms with van der Waals surface area (Å²) < 4.78 is 35.4. The predicted octanol–water partition coefficient (Wildman–Crippen LogP) is 0.612. The van der Waals surface area contributed by atoms with Crippen LogP contribution in [0.2, 0.25) is 0 Å². The van der Waals surface area contributed by atoms with Gasteiger partial charge in [0.2, 0.25) is 0 Å². The van der Waals surface area contributed by atoms with Crippen LogP contribution in [0.25, 0.3) is 0 Å². The van der Waals surface area contributed by atoms with Gasteiger partial charge in [0.1, 0.15) is 67.1 Å². The quantitative estimate of drug-likeness (QED) is 0.0892. The third-order valence-electron chi connectivity index (χ3n) is 19.6. The molecule has 0 aromatic heterocycles. The van der Waals surface area contributed by atoms with Crippen LogP contribution in [-0.4, -0.2) is 180 Å². The fraction of sp³-hybridized carbons (Fsp3) is 0.958. The first-order chi connectivity index (χ1) is 30.5. The second kappa shape index (κ2) is 18.3. The van der Waals surface area contributed by atoms with Gasteiger partial charge in [-0.3, -0.25) is 0 Å². The zero-order chi connectivity index (χ0) is 47.3. The van der Waals surface area contributed by atoms with E-state index >= 15 is 0 Å². The van der Waals surface area contributed by atoms with Crippen LogP contribution in [0.3, 0.4) is 0 Å². The predicted molar refractivity (Wildman–Crippen MR) is 230 cm³/mol. The fourth-order valence-corrected chi connectivity index (χ4v) is 15.5. The maximum absolute atomic E-state index is 11.7. The van der Waals surface area contributed by atoms with Gasteiger partial charge in [-0.05, 0) is 129 Å². The molecule has 0 aromatic rings. The Morgan fingerprint density at radius 2 is 1.22 bits per heavy atom. The topological polar surface area (TPSA) is 278 Å². The Morgan fingerprint density at radius 1 is 0.646 bits per heavy atom. The Morgan fingerprint density at radius 3 is 1.86 bits per heavy atom. The summed E-state index contributed by atoms with van der Waals surface area (Å²) in [7, 11) is 0. The summed E-state index contributed by atoms with van der Waals surface area (Å²) >= 11 is 0. The van der Waals surface area contributed by atoms with Crippen molar-refractivity contribution in [3.05, 3.63) is 11.6 Å². The molecular weight excluding hydrogens is 849 g/mol. The minimum absolute atomic E-state index is 0.0653. The normalized spacial score (nSPS) is 53.9. The smallest absolute Gasteiger partial charge is 0.187 e. The fourth-order valence-electron chi connectivity index (χ4n) is 15.5. The van der Waals surface area contributed by atoms with Gasteiger partial charge in [0, 0.05) is 0 Å². The minimum atomic E-state index is -1.67. The lowest BCUT2D eigenvalue weighted by Crippen LogP contribution is -2.64. The van der Waals surface area contributed by atoms with E-state index in [0.29, 0.717) is 24.2 Å². The van der Waals surface area contributed by atoms with Gasteiger partial charge in [-0.15, -0.1) is 0 Å². The molecule has 374 valence electrons. The van der Waals surface area contributed by atoms with Crippen molar-refractivity contribution in [3.63, 3.8) is 0 Å². The molecule has 3 saturated heterocycles. The molecule has 0 amide bonds. The van der Waals surface area contributed by atoms with E-state index in [2.05, 4.69) is 34.6 Å². The van der Waals surface area contributed by atoms with Crippen molar-refractivity contribution in [3.8, 4) is 0 Å². The van der Waals surface area contributed by atoms with Crippen molar-refractivity contribution in [2.75, 3.05) is 19.8 Å². The van der Waals surface area contributed by atoms with E-state index in [4.69, 9.17) is 28.4 Å². The number of hydrogen-bond donors (Lipinski definition) is 11. The molecular formula is C48H80O17. The Labute approximate surface area is 383 Å². The molecule has 11 N–H and O–H groups in total. The molecule has 8 aliphatic rings. The highest BCUT2D eigenvalue weighted by Crippen LogP contribution is 2.89. The number of aliphatic hydroxyl groups excluding tert-OH is 11. The monoisotopic (exact) mass is 929 g/mol. The van der Waals surface area contributed by atoms with Gasteiger partial charge in [-0.2, -0.15) is 0 Å². The van der Waals surface area contributed by atoms with Crippen molar-refractivity contribution >= 4 is 0 Å². The van der Waals surface area contributed by atoms with Crippen molar-refractivity contribution in [2.24, 2.45) is 50.7 Å². The van der Waals surface area contributed by atoms with Crippen LogP contribution in [0.4, 0.5) is 0 Å². The largest absolute Gasteiger partial charge is 0.394 e. The van der Waals surface area contributed by atoms with Crippen LogP contribution in [0.15, 0.2) is 11.6 Å². The van der Waals surface area contributed by atoms with Crippen molar-refractivity contribution in [1.82, 2.24) is 0 Å². The molecule has 5 saturated carbocycles. The summed E-state index contributed by atoms with van der Waals surface area (Å²) in [6.45, 7) is 14.3. The third kappa shape index (κ3) is 8.03.